The van der Waals surface area contributed by atoms with Crippen LogP contribution in [0.2, 0.25) is 0 Å². The number of guanidine groups is 1. The first-order chi connectivity index (χ1) is 8.41. The van der Waals surface area contributed by atoms with Crippen LogP contribution in [0.4, 0.5) is 13.2 Å². The maximum Gasteiger partial charge on any atom is 0.490 e. The summed E-state index contributed by atoms with van der Waals surface area (Å²) in [5.41, 5.74) is 0. The summed E-state index contributed by atoms with van der Waals surface area (Å²) in [6.45, 7) is 6.30. The molecule has 2 aliphatic heterocycles. The number of rotatable bonds is 0. The van der Waals surface area contributed by atoms with Crippen LogP contribution < -0.4 is 10.6 Å². The number of nitrogens with zero attached hydrogens (tertiary/aromatic N) is 2. The highest BCUT2D eigenvalue weighted by atomic mass is 19.4. The fourth-order valence-corrected chi connectivity index (χ4v) is 1.47. The van der Waals surface area contributed by atoms with Crippen LogP contribution in [0.5, 0.6) is 0 Å². The number of hydrogen-bond acceptors (Lipinski definition) is 5. The van der Waals surface area contributed by atoms with E-state index in [1.807, 2.05) is 0 Å². The number of alkyl halides is 3. The van der Waals surface area contributed by atoms with Crippen LogP contribution in [-0.4, -0.2) is 67.4 Å². The van der Waals surface area contributed by atoms with Gasteiger partial charge in [-0.25, -0.2) is 4.79 Å². The number of carboxylic acid groups (broad SMARTS) is 1. The molecule has 0 amide bonds. The van der Waals surface area contributed by atoms with Gasteiger partial charge in [-0.2, -0.15) is 13.2 Å². The molecule has 0 radical (unpaired) electrons. The van der Waals surface area contributed by atoms with Crippen molar-refractivity contribution >= 4 is 11.9 Å². The Balaban J connectivity index is 0.000000203. The molecule has 0 aromatic heterocycles. The van der Waals surface area contributed by atoms with E-state index in [0.717, 1.165) is 45.2 Å². The highest BCUT2D eigenvalue weighted by Gasteiger charge is 2.38. The van der Waals surface area contributed by atoms with Crippen LogP contribution >= 0.6 is 0 Å². The first-order valence-corrected chi connectivity index (χ1v) is 5.45. The second-order valence-corrected chi connectivity index (χ2v) is 3.67. The first-order valence-electron chi connectivity index (χ1n) is 5.45. The van der Waals surface area contributed by atoms with E-state index in [2.05, 4.69) is 20.5 Å². The summed E-state index contributed by atoms with van der Waals surface area (Å²) in [7, 11) is 0. The lowest BCUT2D eigenvalue weighted by atomic mass is 10.4. The quantitative estimate of drug-likeness (QED) is 0.551. The van der Waals surface area contributed by atoms with Gasteiger partial charge in [0.1, 0.15) is 0 Å². The summed E-state index contributed by atoms with van der Waals surface area (Å²) in [5.74, 6) is -1.65. The van der Waals surface area contributed by atoms with E-state index in [1.54, 1.807) is 0 Å². The standard InChI is InChI=1S/C7H14N4.C2HF3O2/c1-2-10-7(9-1)11-5-3-8-4-6-11;3-2(4,5)1(6)7/h8H,1-6H2,(H,9,10);(H,6,7). The maximum atomic E-state index is 10.6. The van der Waals surface area contributed by atoms with Crippen molar-refractivity contribution < 1.29 is 23.1 Å². The summed E-state index contributed by atoms with van der Waals surface area (Å²) in [6, 6.07) is 0. The lowest BCUT2D eigenvalue weighted by molar-refractivity contribution is -0.192. The Labute approximate surface area is 102 Å². The summed E-state index contributed by atoms with van der Waals surface area (Å²) < 4.78 is 31.7. The molecule has 0 aromatic rings. The summed E-state index contributed by atoms with van der Waals surface area (Å²) in [5, 5.41) is 13.7. The van der Waals surface area contributed by atoms with Crippen LogP contribution in [-0.2, 0) is 4.79 Å². The molecule has 0 saturated carbocycles. The minimum atomic E-state index is -5.08. The molecule has 2 heterocycles. The van der Waals surface area contributed by atoms with Crippen molar-refractivity contribution in [2.75, 3.05) is 39.3 Å². The SMILES string of the molecule is C1CNC(N2CCNCC2)=N1.O=C(O)C(F)(F)F. The van der Waals surface area contributed by atoms with E-state index in [0.29, 0.717) is 0 Å². The third-order valence-corrected chi connectivity index (χ3v) is 2.32. The number of carbonyl (C=O) groups is 1. The molecule has 0 unspecified atom stereocenters. The van der Waals surface area contributed by atoms with Gasteiger partial charge in [0.2, 0.25) is 0 Å². The molecule has 0 spiro atoms. The van der Waals surface area contributed by atoms with Crippen molar-refractivity contribution in [3.8, 4) is 0 Å². The monoisotopic (exact) mass is 268 g/mol. The Morgan fingerprint density at radius 1 is 1.28 bits per heavy atom. The minimum absolute atomic E-state index is 0.944. The number of aliphatic imine (C=N–C) groups is 1. The Morgan fingerprint density at radius 3 is 2.22 bits per heavy atom. The van der Waals surface area contributed by atoms with Gasteiger partial charge in [-0.1, -0.05) is 0 Å². The second kappa shape index (κ2) is 6.43. The van der Waals surface area contributed by atoms with Crippen molar-refractivity contribution in [1.82, 2.24) is 15.5 Å². The van der Waals surface area contributed by atoms with Crippen molar-refractivity contribution in [2.24, 2.45) is 4.99 Å². The van der Waals surface area contributed by atoms with Gasteiger partial charge in [0.15, 0.2) is 5.96 Å². The van der Waals surface area contributed by atoms with Gasteiger partial charge in [-0.05, 0) is 0 Å². The van der Waals surface area contributed by atoms with Crippen LogP contribution in [0.25, 0.3) is 0 Å². The zero-order chi connectivity index (χ0) is 13.6. The molecular formula is C9H15F3N4O2. The molecule has 3 N–H and O–H groups in total. The molecule has 104 valence electrons. The number of piperazine rings is 1. The third-order valence-electron chi connectivity index (χ3n) is 2.32. The van der Waals surface area contributed by atoms with Gasteiger partial charge in [-0.15, -0.1) is 0 Å². The number of hydrogen-bond donors (Lipinski definition) is 3. The van der Waals surface area contributed by atoms with Crippen LogP contribution in [0.1, 0.15) is 0 Å². The van der Waals surface area contributed by atoms with Crippen molar-refractivity contribution in [2.45, 2.75) is 6.18 Å². The molecule has 2 aliphatic rings. The normalized spacial score (nSPS) is 19.5. The topological polar surface area (TPSA) is 77.0 Å². The van der Waals surface area contributed by atoms with E-state index in [-0.39, 0.29) is 0 Å². The van der Waals surface area contributed by atoms with Gasteiger partial charge in [-0.3, -0.25) is 4.99 Å². The molecule has 9 heteroatoms. The predicted molar refractivity (Wildman–Crippen MR) is 58.4 cm³/mol. The number of halogens is 3. The van der Waals surface area contributed by atoms with Gasteiger partial charge < -0.3 is 20.6 Å². The van der Waals surface area contributed by atoms with Crippen molar-refractivity contribution in [3.05, 3.63) is 0 Å². The molecule has 0 bridgehead atoms. The fourth-order valence-electron chi connectivity index (χ4n) is 1.47. The number of nitrogens with one attached hydrogen (secondary N) is 2. The Hall–Kier alpha value is -1.51. The fraction of sp³-hybridized carbons (Fsp3) is 0.778. The van der Waals surface area contributed by atoms with E-state index in [9.17, 15) is 13.2 Å². The van der Waals surface area contributed by atoms with Gasteiger partial charge in [0.05, 0.1) is 6.54 Å². The second-order valence-electron chi connectivity index (χ2n) is 3.67. The zero-order valence-electron chi connectivity index (χ0n) is 9.63. The number of carboxylic acids is 1. The molecule has 6 nitrogen and oxygen atoms in total. The van der Waals surface area contributed by atoms with E-state index < -0.39 is 12.1 Å². The molecule has 0 atom stereocenters. The molecule has 18 heavy (non-hydrogen) atoms. The van der Waals surface area contributed by atoms with Crippen LogP contribution in [0.15, 0.2) is 4.99 Å². The lowest BCUT2D eigenvalue weighted by Crippen LogP contribution is -2.49. The van der Waals surface area contributed by atoms with E-state index >= 15 is 0 Å². The highest BCUT2D eigenvalue weighted by Crippen LogP contribution is 2.13. The summed E-state index contributed by atoms with van der Waals surface area (Å²) >= 11 is 0. The number of aliphatic carboxylic acids is 1. The molecular weight excluding hydrogens is 253 g/mol. The Bertz CT molecular complexity index is 313. The first kappa shape index (κ1) is 14.6. The van der Waals surface area contributed by atoms with E-state index in [4.69, 9.17) is 9.90 Å². The Morgan fingerprint density at radius 2 is 1.83 bits per heavy atom. The average molecular weight is 268 g/mol. The molecule has 2 rings (SSSR count). The maximum absolute atomic E-state index is 10.6. The highest BCUT2D eigenvalue weighted by molar-refractivity contribution is 5.81. The third kappa shape index (κ3) is 4.78. The van der Waals surface area contributed by atoms with Crippen LogP contribution in [0.3, 0.4) is 0 Å². The lowest BCUT2D eigenvalue weighted by Gasteiger charge is -2.28. The summed E-state index contributed by atoms with van der Waals surface area (Å²) in [4.78, 5) is 15.6. The van der Waals surface area contributed by atoms with Gasteiger partial charge >= 0.3 is 12.1 Å². The average Bonchev–Trinajstić information content (AvgIpc) is 2.83. The largest absolute Gasteiger partial charge is 0.490 e. The smallest absolute Gasteiger partial charge is 0.475 e. The van der Waals surface area contributed by atoms with Crippen molar-refractivity contribution in [1.29, 1.82) is 0 Å². The molecule has 0 aliphatic carbocycles. The molecule has 1 saturated heterocycles. The predicted octanol–water partition coefficient (Wildman–Crippen LogP) is -0.516. The van der Waals surface area contributed by atoms with Gasteiger partial charge in [0.25, 0.3) is 0 Å². The molecule has 1 fully saturated rings. The van der Waals surface area contributed by atoms with E-state index in [1.165, 1.54) is 0 Å². The minimum Gasteiger partial charge on any atom is -0.475 e. The Kier molecular flexibility index (Phi) is 5.20. The molecule has 0 aromatic carbocycles. The zero-order valence-corrected chi connectivity index (χ0v) is 9.63. The van der Waals surface area contributed by atoms with Crippen LogP contribution in [0, 0.1) is 0 Å². The summed E-state index contributed by atoms with van der Waals surface area (Å²) in [6.07, 6.45) is -5.08. The van der Waals surface area contributed by atoms with Gasteiger partial charge in [0, 0.05) is 32.7 Å². The van der Waals surface area contributed by atoms with Crippen molar-refractivity contribution in [3.63, 3.8) is 0 Å².